The fourth-order valence-corrected chi connectivity index (χ4v) is 8.07. The molecule has 6 aromatic carbocycles. The fraction of sp³-hybridized carbons (Fsp3) is 0.381. The minimum absolute atomic E-state index is 0.167. The zero-order chi connectivity index (χ0) is 52.1. The van der Waals surface area contributed by atoms with Gasteiger partial charge in [0.2, 0.25) is 0 Å². The molecule has 0 saturated heterocycles. The van der Waals surface area contributed by atoms with Crippen LogP contribution in [0.3, 0.4) is 0 Å². The number of nitrogens with one attached hydrogen (secondary N) is 1. The molecule has 0 spiro atoms. The van der Waals surface area contributed by atoms with Crippen LogP contribution in [0.1, 0.15) is 125 Å². The zero-order valence-electron chi connectivity index (χ0n) is 43.6. The van der Waals surface area contributed by atoms with E-state index in [0.29, 0.717) is 68.9 Å². The Balaban J connectivity index is 0.845. The van der Waals surface area contributed by atoms with Crippen LogP contribution in [-0.2, 0) is 63.1 Å². The van der Waals surface area contributed by atoms with Gasteiger partial charge < -0.3 is 38.5 Å². The predicted molar refractivity (Wildman–Crippen MR) is 289 cm³/mol. The van der Waals surface area contributed by atoms with Crippen LogP contribution < -0.4 is 24.3 Å². The first-order valence-corrected chi connectivity index (χ1v) is 26.3. The van der Waals surface area contributed by atoms with E-state index in [9.17, 15) is 14.4 Å². The van der Waals surface area contributed by atoms with E-state index in [1.807, 2.05) is 158 Å². The van der Waals surface area contributed by atoms with Gasteiger partial charge >= 0.3 is 18.0 Å². The van der Waals surface area contributed by atoms with Crippen molar-refractivity contribution < 1.29 is 47.5 Å². The number of esters is 2. The summed E-state index contributed by atoms with van der Waals surface area (Å²) in [5.41, 5.74) is 5.16. The van der Waals surface area contributed by atoms with Crippen molar-refractivity contribution in [3.8, 4) is 23.0 Å². The number of aryl methyl sites for hydroxylation is 1. The van der Waals surface area contributed by atoms with Gasteiger partial charge in [-0.25, -0.2) is 9.59 Å². The largest absolute Gasteiger partial charge is 0.485 e. The van der Waals surface area contributed by atoms with Gasteiger partial charge in [0, 0.05) is 12.8 Å². The van der Waals surface area contributed by atoms with E-state index in [0.717, 1.165) is 97.6 Å². The van der Waals surface area contributed by atoms with Crippen LogP contribution >= 0.6 is 0 Å². The van der Waals surface area contributed by atoms with E-state index in [-0.39, 0.29) is 19.0 Å². The number of amides is 1. The normalized spacial score (nSPS) is 11.5. The van der Waals surface area contributed by atoms with Gasteiger partial charge in [0.25, 0.3) is 0 Å². The molecule has 1 atom stereocenters. The van der Waals surface area contributed by atoms with Crippen LogP contribution in [0.2, 0.25) is 0 Å². The van der Waals surface area contributed by atoms with Crippen LogP contribution in [0.25, 0.3) is 0 Å². The van der Waals surface area contributed by atoms with Crippen LogP contribution in [0, 0.1) is 0 Å². The maximum Gasteiger partial charge on any atom is 0.408 e. The minimum Gasteiger partial charge on any atom is -0.485 e. The topological polar surface area (TPSA) is 128 Å². The zero-order valence-corrected chi connectivity index (χ0v) is 43.6. The second kappa shape index (κ2) is 31.3. The molecule has 1 N–H and O–H groups in total. The van der Waals surface area contributed by atoms with E-state index >= 15 is 0 Å². The molecule has 11 heteroatoms. The van der Waals surface area contributed by atoms with Crippen LogP contribution in [0.5, 0.6) is 23.0 Å². The van der Waals surface area contributed by atoms with E-state index in [1.165, 1.54) is 0 Å². The second-order valence-corrected chi connectivity index (χ2v) is 19.5. The van der Waals surface area contributed by atoms with Crippen molar-refractivity contribution in [1.29, 1.82) is 0 Å². The summed E-state index contributed by atoms with van der Waals surface area (Å²) in [6.07, 6.45) is 10.6. The first kappa shape index (κ1) is 56.0. The number of ether oxygens (including phenoxy) is 7. The van der Waals surface area contributed by atoms with Crippen molar-refractivity contribution in [2.75, 3.05) is 13.2 Å². The summed E-state index contributed by atoms with van der Waals surface area (Å²) in [4.78, 5) is 39.1. The number of benzene rings is 6. The van der Waals surface area contributed by atoms with Crippen molar-refractivity contribution in [1.82, 2.24) is 5.32 Å². The highest BCUT2D eigenvalue weighted by Crippen LogP contribution is 2.32. The van der Waals surface area contributed by atoms with Crippen molar-refractivity contribution in [3.63, 3.8) is 0 Å². The molecule has 11 nitrogen and oxygen atoms in total. The number of unbranched alkanes of at least 4 members (excludes halogenated alkanes) is 9. The predicted octanol–water partition coefficient (Wildman–Crippen LogP) is 14.1. The summed E-state index contributed by atoms with van der Waals surface area (Å²) in [6, 6.07) is 50.3. The molecule has 6 aromatic rings. The van der Waals surface area contributed by atoms with Gasteiger partial charge in [0.05, 0.1) is 13.2 Å². The molecule has 0 bridgehead atoms. The fourth-order valence-electron chi connectivity index (χ4n) is 8.07. The molecule has 0 saturated carbocycles. The highest BCUT2D eigenvalue weighted by molar-refractivity contribution is 5.82. The Kier molecular flexibility index (Phi) is 23.7. The Morgan fingerprint density at radius 1 is 0.432 bits per heavy atom. The molecular weight excluding hydrogens is 931 g/mol. The molecule has 0 aromatic heterocycles. The summed E-state index contributed by atoms with van der Waals surface area (Å²) in [7, 11) is 0. The van der Waals surface area contributed by atoms with E-state index < -0.39 is 23.7 Å². The van der Waals surface area contributed by atoms with Crippen molar-refractivity contribution in [2.45, 2.75) is 142 Å². The Hall–Kier alpha value is -7.27. The Morgan fingerprint density at radius 2 is 0.811 bits per heavy atom. The summed E-state index contributed by atoms with van der Waals surface area (Å²) in [5.74, 6) is 1.70. The Morgan fingerprint density at radius 3 is 1.24 bits per heavy atom. The third-order valence-electron chi connectivity index (χ3n) is 12.0. The molecule has 6 rings (SSSR count). The average molecular weight is 1010 g/mol. The number of carbonyl (C=O) groups excluding carboxylic acids is 3. The molecule has 0 fully saturated rings. The lowest BCUT2D eigenvalue weighted by Gasteiger charge is -2.23. The summed E-state index contributed by atoms with van der Waals surface area (Å²) in [5, 5.41) is 2.75. The van der Waals surface area contributed by atoms with Gasteiger partial charge in [-0.3, -0.25) is 4.79 Å². The third kappa shape index (κ3) is 21.8. The quantitative estimate of drug-likeness (QED) is 0.0248. The number of hydrogen-bond acceptors (Lipinski definition) is 10. The molecule has 0 aliphatic rings. The second-order valence-electron chi connectivity index (χ2n) is 19.5. The monoisotopic (exact) mass is 1010 g/mol. The lowest BCUT2D eigenvalue weighted by molar-refractivity contribution is -0.146. The number of hydrogen-bond donors (Lipinski definition) is 1. The van der Waals surface area contributed by atoms with Gasteiger partial charge in [0.15, 0.2) is 23.0 Å². The number of carbonyl (C=O) groups is 3. The van der Waals surface area contributed by atoms with Crippen molar-refractivity contribution >= 4 is 18.0 Å². The van der Waals surface area contributed by atoms with Gasteiger partial charge in [0.1, 0.15) is 38.1 Å². The number of alkyl carbamates (subject to hydrolysis) is 1. The average Bonchev–Trinajstić information content (AvgIpc) is 3.41. The van der Waals surface area contributed by atoms with Crippen molar-refractivity contribution in [3.05, 3.63) is 191 Å². The summed E-state index contributed by atoms with van der Waals surface area (Å²) in [6.45, 7) is 7.56. The molecule has 74 heavy (non-hydrogen) atoms. The summed E-state index contributed by atoms with van der Waals surface area (Å²) < 4.78 is 41.7. The Bertz CT molecular complexity index is 2550. The molecule has 392 valence electrons. The lowest BCUT2D eigenvalue weighted by atomic mass is 10.0. The maximum atomic E-state index is 13.5. The first-order chi connectivity index (χ1) is 36.1. The highest BCUT2D eigenvalue weighted by Gasteiger charge is 2.27. The van der Waals surface area contributed by atoms with E-state index in [4.69, 9.17) is 33.2 Å². The van der Waals surface area contributed by atoms with Gasteiger partial charge in [-0.15, -0.1) is 0 Å². The van der Waals surface area contributed by atoms with Crippen LogP contribution in [-0.4, -0.2) is 42.9 Å². The van der Waals surface area contributed by atoms with Crippen molar-refractivity contribution in [2.24, 2.45) is 0 Å². The van der Waals surface area contributed by atoms with E-state index in [2.05, 4.69) is 5.32 Å². The third-order valence-corrected chi connectivity index (χ3v) is 12.0. The minimum atomic E-state index is -0.976. The molecule has 0 heterocycles. The lowest BCUT2D eigenvalue weighted by Crippen LogP contribution is -2.45. The standard InChI is InChI=1S/C63H75NO10/c1-63(2,3)74-62(67)64-55(42-54-35-38-57(71-46-51-28-18-13-19-29-51)59(44-54)73-48-53-32-22-15-23-33-53)61(66)69-41-25-11-9-7-5-4-6-8-10-24-40-68-60(65)39-36-49-34-37-56(70-45-50-26-16-12-17-27-50)58(43-49)72-47-52-30-20-14-21-31-52/h12-23,26-35,37-38,43-44,55H,4-11,24-25,36,39-42,45-48H2,1-3H3,(H,64,67)/t55-/m0/s1. The molecule has 0 aliphatic heterocycles. The molecule has 0 aliphatic carbocycles. The SMILES string of the molecule is CC(C)(C)OC(=O)N[C@@H](Cc1ccc(OCc2ccccc2)c(OCc2ccccc2)c1)C(=O)OCCCCCCCCCCCCOC(=O)CCc1ccc(OCc2ccccc2)c(OCc2ccccc2)c1. The van der Waals surface area contributed by atoms with Gasteiger partial charge in [-0.05, 0) is 97.7 Å². The molecular formula is C63H75NO10. The smallest absolute Gasteiger partial charge is 0.408 e. The van der Waals surface area contributed by atoms with Gasteiger partial charge in [-0.2, -0.15) is 0 Å². The van der Waals surface area contributed by atoms with Crippen LogP contribution in [0.15, 0.2) is 158 Å². The number of rotatable bonds is 32. The highest BCUT2D eigenvalue weighted by atomic mass is 16.6. The maximum absolute atomic E-state index is 13.5. The van der Waals surface area contributed by atoms with Crippen LogP contribution in [0.4, 0.5) is 4.79 Å². The van der Waals surface area contributed by atoms with Gasteiger partial charge in [-0.1, -0.05) is 185 Å². The molecule has 1 amide bonds. The Labute approximate surface area is 438 Å². The molecule has 0 unspecified atom stereocenters. The first-order valence-electron chi connectivity index (χ1n) is 26.3. The molecule has 0 radical (unpaired) electrons. The van der Waals surface area contributed by atoms with E-state index in [1.54, 1.807) is 20.8 Å². The summed E-state index contributed by atoms with van der Waals surface area (Å²) >= 11 is 0.